The lowest BCUT2D eigenvalue weighted by atomic mass is 10.1. The van der Waals surface area contributed by atoms with Gasteiger partial charge in [-0.05, 0) is 57.5 Å². The predicted molar refractivity (Wildman–Crippen MR) is 101 cm³/mol. The van der Waals surface area contributed by atoms with Crippen molar-refractivity contribution in [3.63, 3.8) is 0 Å². The molecule has 2 aromatic heterocycles. The smallest absolute Gasteiger partial charge is 0.251 e. The lowest BCUT2D eigenvalue weighted by molar-refractivity contribution is 0.0939. The van der Waals surface area contributed by atoms with E-state index in [0.29, 0.717) is 12.1 Å². The van der Waals surface area contributed by atoms with E-state index in [4.69, 9.17) is 0 Å². The minimum absolute atomic E-state index is 0.0984. The van der Waals surface area contributed by atoms with Crippen LogP contribution in [0.3, 0.4) is 0 Å². The molecule has 0 fully saturated rings. The Labute approximate surface area is 153 Å². The minimum atomic E-state index is -0.144. The van der Waals surface area contributed by atoms with Crippen LogP contribution in [0.25, 0.3) is 0 Å². The van der Waals surface area contributed by atoms with Gasteiger partial charge < -0.3 is 5.32 Å². The van der Waals surface area contributed by atoms with E-state index < -0.39 is 0 Å². The Morgan fingerprint density at radius 1 is 1.19 bits per heavy atom. The van der Waals surface area contributed by atoms with Gasteiger partial charge in [-0.15, -0.1) is 0 Å². The predicted octanol–water partition coefficient (Wildman–Crippen LogP) is 3.26. The molecule has 6 heteroatoms. The fraction of sp³-hybridized carbons (Fsp3) is 0.350. The summed E-state index contributed by atoms with van der Waals surface area (Å²) in [5.74, 6) is -0.0984. The van der Waals surface area contributed by atoms with E-state index in [2.05, 4.69) is 15.5 Å². The summed E-state index contributed by atoms with van der Waals surface area (Å²) in [7, 11) is 0. The van der Waals surface area contributed by atoms with Crippen LogP contribution < -0.4 is 5.32 Å². The van der Waals surface area contributed by atoms with Crippen LogP contribution in [0.4, 0.5) is 0 Å². The molecule has 0 radical (unpaired) electrons. The molecule has 6 nitrogen and oxygen atoms in total. The Morgan fingerprint density at radius 3 is 2.65 bits per heavy atom. The van der Waals surface area contributed by atoms with Crippen LogP contribution in [0, 0.1) is 13.8 Å². The van der Waals surface area contributed by atoms with Crippen LogP contribution in [0.15, 0.2) is 42.6 Å². The molecule has 1 atom stereocenters. The molecule has 1 aromatic carbocycles. The lowest BCUT2D eigenvalue weighted by Crippen LogP contribution is -2.27. The van der Waals surface area contributed by atoms with Crippen LogP contribution in [0.1, 0.15) is 52.9 Å². The molecule has 0 bridgehead atoms. The monoisotopic (exact) mass is 351 g/mol. The molecule has 1 unspecified atom stereocenters. The molecular formula is C20H25N5O. The van der Waals surface area contributed by atoms with Crippen molar-refractivity contribution in [2.45, 2.75) is 46.8 Å². The second-order valence-corrected chi connectivity index (χ2v) is 6.58. The summed E-state index contributed by atoms with van der Waals surface area (Å²) in [6, 6.07) is 11.5. The van der Waals surface area contributed by atoms with Crippen LogP contribution in [-0.4, -0.2) is 25.5 Å². The molecule has 0 aliphatic rings. The maximum absolute atomic E-state index is 12.6. The van der Waals surface area contributed by atoms with E-state index in [0.717, 1.165) is 29.2 Å². The van der Waals surface area contributed by atoms with E-state index in [1.807, 2.05) is 79.7 Å². The topological polar surface area (TPSA) is 64.7 Å². The number of nitrogens with one attached hydrogen (secondary N) is 1. The first-order valence-corrected chi connectivity index (χ1v) is 8.90. The van der Waals surface area contributed by atoms with Crippen molar-refractivity contribution in [1.82, 2.24) is 24.9 Å². The van der Waals surface area contributed by atoms with Crippen molar-refractivity contribution >= 4 is 5.91 Å². The molecule has 1 N–H and O–H groups in total. The lowest BCUT2D eigenvalue weighted by Gasteiger charge is -2.12. The Balaban J connectivity index is 1.70. The number of aryl methyl sites for hydroxylation is 3. The number of carbonyl (C=O) groups is 1. The molecule has 0 saturated heterocycles. The normalized spacial score (nSPS) is 12.2. The number of rotatable bonds is 6. The number of hydrogen-bond donors (Lipinski definition) is 1. The second kappa shape index (κ2) is 7.56. The van der Waals surface area contributed by atoms with Crippen molar-refractivity contribution in [2.24, 2.45) is 0 Å². The third-order valence-electron chi connectivity index (χ3n) is 4.40. The molecule has 136 valence electrons. The quantitative estimate of drug-likeness (QED) is 0.741. The molecule has 0 saturated carbocycles. The van der Waals surface area contributed by atoms with E-state index >= 15 is 0 Å². The van der Waals surface area contributed by atoms with Gasteiger partial charge in [0.05, 0.1) is 24.0 Å². The maximum Gasteiger partial charge on any atom is 0.251 e. The largest absolute Gasteiger partial charge is 0.344 e. The fourth-order valence-electron chi connectivity index (χ4n) is 2.96. The van der Waals surface area contributed by atoms with Gasteiger partial charge in [0.15, 0.2) is 0 Å². The van der Waals surface area contributed by atoms with E-state index in [1.165, 1.54) is 0 Å². The molecule has 0 aliphatic carbocycles. The molecule has 3 rings (SSSR count). The highest BCUT2D eigenvalue weighted by atomic mass is 16.1. The zero-order chi connectivity index (χ0) is 18.7. The summed E-state index contributed by atoms with van der Waals surface area (Å²) < 4.78 is 3.80. The van der Waals surface area contributed by atoms with Crippen molar-refractivity contribution in [3.05, 3.63) is 70.8 Å². The average Bonchev–Trinajstić information content (AvgIpc) is 3.21. The van der Waals surface area contributed by atoms with E-state index in [9.17, 15) is 4.79 Å². The molecule has 3 aromatic rings. The summed E-state index contributed by atoms with van der Waals surface area (Å²) in [6.45, 7) is 9.46. The minimum Gasteiger partial charge on any atom is -0.344 e. The zero-order valence-electron chi connectivity index (χ0n) is 15.7. The van der Waals surface area contributed by atoms with Crippen molar-refractivity contribution in [2.75, 3.05) is 0 Å². The Hall–Kier alpha value is -2.89. The van der Waals surface area contributed by atoms with Crippen molar-refractivity contribution in [1.29, 1.82) is 0 Å². The van der Waals surface area contributed by atoms with E-state index in [-0.39, 0.29) is 11.9 Å². The van der Waals surface area contributed by atoms with Gasteiger partial charge in [0.1, 0.15) is 0 Å². The number of nitrogens with zero attached hydrogens (tertiary/aromatic N) is 4. The van der Waals surface area contributed by atoms with Crippen molar-refractivity contribution < 1.29 is 4.79 Å². The molecule has 1 amide bonds. The zero-order valence-corrected chi connectivity index (χ0v) is 15.7. The molecule has 26 heavy (non-hydrogen) atoms. The highest BCUT2D eigenvalue weighted by molar-refractivity contribution is 5.94. The van der Waals surface area contributed by atoms with Gasteiger partial charge in [-0.2, -0.15) is 10.2 Å². The first-order chi connectivity index (χ1) is 12.5. The van der Waals surface area contributed by atoms with Crippen LogP contribution in [-0.2, 0) is 13.1 Å². The average molecular weight is 351 g/mol. The number of amides is 1. The first kappa shape index (κ1) is 17.9. The van der Waals surface area contributed by atoms with Crippen LogP contribution in [0.5, 0.6) is 0 Å². The summed E-state index contributed by atoms with van der Waals surface area (Å²) >= 11 is 0. The maximum atomic E-state index is 12.6. The van der Waals surface area contributed by atoms with Gasteiger partial charge in [-0.25, -0.2) is 0 Å². The van der Waals surface area contributed by atoms with Crippen LogP contribution >= 0.6 is 0 Å². The van der Waals surface area contributed by atoms with Gasteiger partial charge in [0, 0.05) is 24.0 Å². The highest BCUT2D eigenvalue weighted by Crippen LogP contribution is 2.13. The summed E-state index contributed by atoms with van der Waals surface area (Å²) in [5.41, 5.74) is 4.66. The Kier molecular flexibility index (Phi) is 5.21. The van der Waals surface area contributed by atoms with Gasteiger partial charge in [-0.1, -0.05) is 12.1 Å². The summed E-state index contributed by atoms with van der Waals surface area (Å²) in [5, 5.41) is 12.0. The Morgan fingerprint density at radius 2 is 2.00 bits per heavy atom. The Bertz CT molecular complexity index is 909. The third-order valence-corrected chi connectivity index (χ3v) is 4.40. The van der Waals surface area contributed by atoms with E-state index in [1.54, 1.807) is 0 Å². The standard InChI is InChI=1S/C20H25N5O/c1-5-24-10-9-19(23-24)16(4)21-20(26)18-8-6-7-17(12-18)13-25-15(3)11-14(2)22-25/h6-12,16H,5,13H2,1-4H3,(H,21,26). The van der Waals surface area contributed by atoms with Gasteiger partial charge in [0.25, 0.3) is 5.91 Å². The number of benzene rings is 1. The highest BCUT2D eigenvalue weighted by Gasteiger charge is 2.14. The van der Waals surface area contributed by atoms with Gasteiger partial charge >= 0.3 is 0 Å². The van der Waals surface area contributed by atoms with Gasteiger partial charge in [0.2, 0.25) is 0 Å². The second-order valence-electron chi connectivity index (χ2n) is 6.58. The summed E-state index contributed by atoms with van der Waals surface area (Å²) in [4.78, 5) is 12.6. The first-order valence-electron chi connectivity index (χ1n) is 8.90. The third kappa shape index (κ3) is 4.02. The van der Waals surface area contributed by atoms with Crippen LogP contribution in [0.2, 0.25) is 0 Å². The molecular weight excluding hydrogens is 326 g/mol. The molecule has 2 heterocycles. The molecule has 0 aliphatic heterocycles. The SMILES string of the molecule is CCn1ccc(C(C)NC(=O)c2cccc(Cn3nc(C)cc3C)c2)n1. The summed E-state index contributed by atoms with van der Waals surface area (Å²) in [6.07, 6.45) is 1.92. The van der Waals surface area contributed by atoms with Crippen molar-refractivity contribution in [3.8, 4) is 0 Å². The number of carbonyl (C=O) groups excluding carboxylic acids is 1. The van der Waals surface area contributed by atoms with Gasteiger partial charge in [-0.3, -0.25) is 14.2 Å². The number of hydrogen-bond acceptors (Lipinski definition) is 3. The number of aromatic nitrogens is 4. The fourth-order valence-corrected chi connectivity index (χ4v) is 2.96. The molecule has 0 spiro atoms.